The molecule has 20 heavy (non-hydrogen) atoms. The monoisotopic (exact) mass is 342 g/mol. The van der Waals surface area contributed by atoms with Crippen molar-refractivity contribution in [3.8, 4) is 0 Å². The van der Waals surface area contributed by atoms with E-state index in [2.05, 4.69) is 63.7 Å². The fourth-order valence-corrected chi connectivity index (χ4v) is 3.78. The third kappa shape index (κ3) is 3.43. The van der Waals surface area contributed by atoms with Crippen molar-refractivity contribution in [2.75, 3.05) is 20.1 Å². The van der Waals surface area contributed by atoms with Crippen LogP contribution in [-0.2, 0) is 19.5 Å². The number of aromatic nitrogens is 2. The predicted octanol–water partition coefficient (Wildman–Crippen LogP) is 2.66. The van der Waals surface area contributed by atoms with Gasteiger partial charge in [-0.2, -0.15) is 5.10 Å². The fourth-order valence-electron chi connectivity index (χ4n) is 3.07. The van der Waals surface area contributed by atoms with Crippen molar-refractivity contribution in [1.82, 2.24) is 20.0 Å². The maximum atomic E-state index is 4.66. The SMILES string of the molecule is CCc1nn(CC)c(CNC2CCN(C)CC2C)c1Br. The van der Waals surface area contributed by atoms with Gasteiger partial charge in [-0.05, 0) is 55.2 Å². The van der Waals surface area contributed by atoms with Crippen LogP contribution < -0.4 is 5.32 Å². The lowest BCUT2D eigenvalue weighted by atomic mass is 9.94. The van der Waals surface area contributed by atoms with E-state index >= 15 is 0 Å². The summed E-state index contributed by atoms with van der Waals surface area (Å²) in [6.45, 7) is 10.9. The van der Waals surface area contributed by atoms with Gasteiger partial charge in [0.25, 0.3) is 0 Å². The molecule has 0 saturated carbocycles. The molecule has 4 nitrogen and oxygen atoms in total. The molecule has 1 saturated heterocycles. The maximum absolute atomic E-state index is 4.66. The standard InChI is InChI=1S/C15H27BrN4/c1-5-12-15(16)14(20(6-2)18-12)9-17-13-7-8-19(4)10-11(13)3/h11,13,17H,5-10H2,1-4H3. The normalized spacial score (nSPS) is 24.2. The molecule has 0 bridgehead atoms. The minimum Gasteiger partial charge on any atom is -0.308 e. The number of piperidine rings is 1. The molecule has 1 aliphatic rings. The molecule has 1 N–H and O–H groups in total. The Bertz CT molecular complexity index is 443. The summed E-state index contributed by atoms with van der Waals surface area (Å²) in [6, 6.07) is 0.614. The summed E-state index contributed by atoms with van der Waals surface area (Å²) < 4.78 is 3.31. The van der Waals surface area contributed by atoms with E-state index in [4.69, 9.17) is 0 Å². The van der Waals surface area contributed by atoms with Gasteiger partial charge in [0.2, 0.25) is 0 Å². The number of hydrogen-bond donors (Lipinski definition) is 1. The van der Waals surface area contributed by atoms with Gasteiger partial charge < -0.3 is 10.2 Å². The second-order valence-corrected chi connectivity index (χ2v) is 6.69. The molecular weight excluding hydrogens is 316 g/mol. The van der Waals surface area contributed by atoms with Crippen molar-refractivity contribution in [1.29, 1.82) is 0 Å². The number of rotatable bonds is 5. The van der Waals surface area contributed by atoms with Crippen molar-refractivity contribution < 1.29 is 0 Å². The van der Waals surface area contributed by atoms with Crippen LogP contribution in [-0.4, -0.2) is 40.9 Å². The molecule has 1 aliphatic heterocycles. The van der Waals surface area contributed by atoms with Crippen LogP contribution in [0.3, 0.4) is 0 Å². The molecule has 2 rings (SSSR count). The molecule has 1 aromatic rings. The topological polar surface area (TPSA) is 33.1 Å². The zero-order valence-electron chi connectivity index (χ0n) is 13.1. The molecule has 0 spiro atoms. The first-order chi connectivity index (χ1) is 9.56. The molecule has 2 atom stereocenters. The van der Waals surface area contributed by atoms with Crippen LogP contribution in [0.5, 0.6) is 0 Å². The van der Waals surface area contributed by atoms with E-state index < -0.39 is 0 Å². The van der Waals surface area contributed by atoms with Crippen LogP contribution in [0.25, 0.3) is 0 Å². The van der Waals surface area contributed by atoms with Crippen molar-refractivity contribution in [3.05, 3.63) is 15.9 Å². The average molecular weight is 343 g/mol. The van der Waals surface area contributed by atoms with Crippen molar-refractivity contribution in [2.45, 2.75) is 52.7 Å². The van der Waals surface area contributed by atoms with E-state index in [0.717, 1.165) is 19.5 Å². The number of likely N-dealkylation sites (tertiary alicyclic amines) is 1. The largest absolute Gasteiger partial charge is 0.308 e. The Balaban J connectivity index is 2.02. The number of nitrogens with zero attached hydrogens (tertiary/aromatic N) is 3. The van der Waals surface area contributed by atoms with Crippen molar-refractivity contribution in [2.24, 2.45) is 5.92 Å². The van der Waals surface area contributed by atoms with E-state index in [0.29, 0.717) is 12.0 Å². The summed E-state index contributed by atoms with van der Waals surface area (Å²) in [4.78, 5) is 2.42. The smallest absolute Gasteiger partial charge is 0.0767 e. The highest BCUT2D eigenvalue weighted by molar-refractivity contribution is 9.10. The average Bonchev–Trinajstić information content (AvgIpc) is 2.74. The van der Waals surface area contributed by atoms with E-state index in [1.54, 1.807) is 0 Å². The van der Waals surface area contributed by atoms with Crippen LogP contribution in [0.15, 0.2) is 4.47 Å². The fraction of sp³-hybridized carbons (Fsp3) is 0.800. The molecule has 1 aromatic heterocycles. The molecule has 1 fully saturated rings. The zero-order chi connectivity index (χ0) is 14.7. The van der Waals surface area contributed by atoms with E-state index in [1.807, 2.05) is 0 Å². The minimum absolute atomic E-state index is 0.614. The third-order valence-corrected chi connectivity index (χ3v) is 5.25. The molecule has 2 unspecified atom stereocenters. The summed E-state index contributed by atoms with van der Waals surface area (Å²) in [5, 5.41) is 8.41. The lowest BCUT2D eigenvalue weighted by molar-refractivity contribution is 0.173. The van der Waals surface area contributed by atoms with Crippen molar-refractivity contribution >= 4 is 15.9 Å². The van der Waals surface area contributed by atoms with Gasteiger partial charge in [0.05, 0.1) is 15.9 Å². The lowest BCUT2D eigenvalue weighted by Gasteiger charge is -2.35. The number of aryl methyl sites for hydroxylation is 2. The molecular formula is C15H27BrN4. The van der Waals surface area contributed by atoms with E-state index in [-0.39, 0.29) is 0 Å². The predicted molar refractivity (Wildman–Crippen MR) is 86.9 cm³/mol. The van der Waals surface area contributed by atoms with Gasteiger partial charge in [0.15, 0.2) is 0 Å². The molecule has 0 aliphatic carbocycles. The van der Waals surface area contributed by atoms with E-state index in [1.165, 1.54) is 35.4 Å². The molecule has 114 valence electrons. The molecule has 5 heteroatoms. The Hall–Kier alpha value is -0.390. The Morgan fingerprint density at radius 2 is 2.15 bits per heavy atom. The summed E-state index contributed by atoms with van der Waals surface area (Å²) in [5.41, 5.74) is 2.45. The third-order valence-electron chi connectivity index (χ3n) is 4.33. The van der Waals surface area contributed by atoms with Crippen LogP contribution in [0.1, 0.15) is 38.6 Å². The first kappa shape index (κ1) is 16.0. The molecule has 0 aromatic carbocycles. The highest BCUT2D eigenvalue weighted by Gasteiger charge is 2.24. The van der Waals surface area contributed by atoms with Crippen LogP contribution in [0, 0.1) is 5.92 Å². The van der Waals surface area contributed by atoms with Gasteiger partial charge in [-0.15, -0.1) is 0 Å². The Kier molecular flexibility index (Phi) is 5.64. The summed E-state index contributed by atoms with van der Waals surface area (Å²) in [6.07, 6.45) is 2.21. The van der Waals surface area contributed by atoms with Crippen LogP contribution in [0.2, 0.25) is 0 Å². The van der Waals surface area contributed by atoms with Gasteiger partial charge in [-0.3, -0.25) is 4.68 Å². The van der Waals surface area contributed by atoms with E-state index in [9.17, 15) is 0 Å². The van der Waals surface area contributed by atoms with Gasteiger partial charge in [0, 0.05) is 25.7 Å². The van der Waals surface area contributed by atoms with Crippen molar-refractivity contribution in [3.63, 3.8) is 0 Å². The van der Waals surface area contributed by atoms with Gasteiger partial charge in [0.1, 0.15) is 0 Å². The van der Waals surface area contributed by atoms with Gasteiger partial charge in [-0.1, -0.05) is 13.8 Å². The summed E-state index contributed by atoms with van der Waals surface area (Å²) >= 11 is 3.72. The molecule has 0 radical (unpaired) electrons. The highest BCUT2D eigenvalue weighted by Crippen LogP contribution is 2.23. The summed E-state index contributed by atoms with van der Waals surface area (Å²) in [5.74, 6) is 0.705. The number of halogens is 1. The minimum atomic E-state index is 0.614. The van der Waals surface area contributed by atoms with Gasteiger partial charge >= 0.3 is 0 Å². The quantitative estimate of drug-likeness (QED) is 0.892. The zero-order valence-corrected chi connectivity index (χ0v) is 14.7. The first-order valence-corrected chi connectivity index (χ1v) is 8.52. The lowest BCUT2D eigenvalue weighted by Crippen LogP contribution is -2.46. The van der Waals surface area contributed by atoms with Gasteiger partial charge in [-0.25, -0.2) is 0 Å². The second kappa shape index (κ2) is 7.05. The molecule has 2 heterocycles. The highest BCUT2D eigenvalue weighted by atomic mass is 79.9. The Labute approximate surface area is 131 Å². The number of nitrogens with one attached hydrogen (secondary N) is 1. The van der Waals surface area contributed by atoms with Crippen LogP contribution >= 0.6 is 15.9 Å². The second-order valence-electron chi connectivity index (χ2n) is 5.89. The summed E-state index contributed by atoms with van der Waals surface area (Å²) in [7, 11) is 2.21. The Morgan fingerprint density at radius 3 is 2.75 bits per heavy atom. The number of hydrogen-bond acceptors (Lipinski definition) is 3. The molecule has 0 amide bonds. The van der Waals surface area contributed by atoms with Crippen LogP contribution in [0.4, 0.5) is 0 Å². The maximum Gasteiger partial charge on any atom is 0.0767 e. The first-order valence-electron chi connectivity index (χ1n) is 7.72. The Morgan fingerprint density at radius 1 is 1.40 bits per heavy atom.